The summed E-state index contributed by atoms with van der Waals surface area (Å²) in [5.74, 6) is -0.881. The van der Waals surface area contributed by atoms with Crippen LogP contribution in [0, 0.1) is 0 Å². The lowest BCUT2D eigenvalue weighted by Crippen LogP contribution is -2.17. The molecule has 0 bridgehead atoms. The van der Waals surface area contributed by atoms with Gasteiger partial charge in [-0.3, -0.25) is 10.1 Å². The number of carboxylic acid groups (broad SMARTS) is 1. The maximum atomic E-state index is 12.2. The van der Waals surface area contributed by atoms with E-state index in [2.05, 4.69) is 29.6 Å². The van der Waals surface area contributed by atoms with Gasteiger partial charge in [0.25, 0.3) is 0 Å². The number of carbonyl (C=O) groups is 2. The van der Waals surface area contributed by atoms with E-state index in [1.54, 1.807) is 24.3 Å². The summed E-state index contributed by atoms with van der Waals surface area (Å²) in [5.41, 5.74) is 5.92. The second-order valence-corrected chi connectivity index (χ2v) is 6.72. The van der Waals surface area contributed by atoms with E-state index < -0.39 is 12.1 Å². The highest BCUT2D eigenvalue weighted by Gasteiger charge is 2.28. The summed E-state index contributed by atoms with van der Waals surface area (Å²) in [5, 5.41) is 11.5. The number of anilines is 1. The molecule has 0 aromatic heterocycles. The zero-order valence-electron chi connectivity index (χ0n) is 15.1. The number of carbonyl (C=O) groups excluding carboxylic acids is 1. The van der Waals surface area contributed by atoms with E-state index in [0.29, 0.717) is 11.3 Å². The van der Waals surface area contributed by atoms with Crippen molar-refractivity contribution in [3.63, 3.8) is 0 Å². The van der Waals surface area contributed by atoms with Crippen molar-refractivity contribution in [1.29, 1.82) is 0 Å². The number of rotatable bonds is 5. The Morgan fingerprint density at radius 3 is 2.00 bits per heavy atom. The van der Waals surface area contributed by atoms with Gasteiger partial charge in [-0.1, -0.05) is 60.7 Å². The fourth-order valence-corrected chi connectivity index (χ4v) is 3.63. The summed E-state index contributed by atoms with van der Waals surface area (Å²) in [6.45, 7) is 0.247. The molecule has 0 spiro atoms. The van der Waals surface area contributed by atoms with E-state index in [4.69, 9.17) is 9.84 Å². The lowest BCUT2D eigenvalue weighted by atomic mass is 9.98. The molecule has 2 N–H and O–H groups in total. The van der Waals surface area contributed by atoms with Crippen molar-refractivity contribution in [2.75, 3.05) is 11.9 Å². The van der Waals surface area contributed by atoms with Gasteiger partial charge in [-0.05, 0) is 39.9 Å². The van der Waals surface area contributed by atoms with Crippen LogP contribution in [0.15, 0.2) is 72.8 Å². The van der Waals surface area contributed by atoms with Crippen LogP contribution in [0.5, 0.6) is 0 Å². The summed E-state index contributed by atoms with van der Waals surface area (Å²) in [4.78, 5) is 23.0. The number of nitrogens with one attached hydrogen (secondary N) is 1. The number of aliphatic carboxylic acids is 1. The van der Waals surface area contributed by atoms with Crippen LogP contribution in [-0.4, -0.2) is 23.8 Å². The summed E-state index contributed by atoms with van der Waals surface area (Å²) < 4.78 is 5.49. The minimum atomic E-state index is -0.891. The van der Waals surface area contributed by atoms with E-state index in [1.165, 1.54) is 11.1 Å². The maximum Gasteiger partial charge on any atom is 0.411 e. The van der Waals surface area contributed by atoms with Crippen LogP contribution in [0.2, 0.25) is 0 Å². The van der Waals surface area contributed by atoms with Gasteiger partial charge in [-0.2, -0.15) is 0 Å². The number of ether oxygens (including phenoxy) is 1. The van der Waals surface area contributed by atoms with Crippen LogP contribution in [0.3, 0.4) is 0 Å². The SMILES string of the molecule is O=C(O)Cc1ccc(NC(=O)OCC2c3ccccc3-c3ccccc32)cc1. The Kier molecular flexibility index (Phi) is 4.81. The topological polar surface area (TPSA) is 75.6 Å². The maximum absolute atomic E-state index is 12.2. The largest absolute Gasteiger partial charge is 0.481 e. The predicted molar refractivity (Wildman–Crippen MR) is 106 cm³/mol. The predicted octanol–water partition coefficient (Wildman–Crippen LogP) is 4.67. The zero-order valence-corrected chi connectivity index (χ0v) is 15.1. The van der Waals surface area contributed by atoms with Crippen LogP contribution < -0.4 is 5.32 Å². The lowest BCUT2D eigenvalue weighted by molar-refractivity contribution is -0.136. The third-order valence-electron chi connectivity index (χ3n) is 4.90. The minimum Gasteiger partial charge on any atom is -0.481 e. The third-order valence-corrected chi connectivity index (χ3v) is 4.90. The Morgan fingerprint density at radius 2 is 1.43 bits per heavy atom. The molecule has 0 heterocycles. The quantitative estimate of drug-likeness (QED) is 0.681. The molecule has 0 aliphatic heterocycles. The number of hydrogen-bond donors (Lipinski definition) is 2. The summed E-state index contributed by atoms with van der Waals surface area (Å²) in [6, 6.07) is 23.0. The Morgan fingerprint density at radius 1 is 0.857 bits per heavy atom. The number of hydrogen-bond acceptors (Lipinski definition) is 3. The average molecular weight is 373 g/mol. The van der Waals surface area contributed by atoms with Gasteiger partial charge in [0.15, 0.2) is 0 Å². The first-order chi connectivity index (χ1) is 13.6. The zero-order chi connectivity index (χ0) is 19.5. The highest BCUT2D eigenvalue weighted by molar-refractivity contribution is 5.85. The molecule has 3 aromatic carbocycles. The Balaban J connectivity index is 1.42. The molecular formula is C23H19NO4. The van der Waals surface area contributed by atoms with Gasteiger partial charge in [0.1, 0.15) is 6.61 Å². The van der Waals surface area contributed by atoms with Crippen molar-refractivity contribution in [3.8, 4) is 11.1 Å². The molecule has 1 amide bonds. The minimum absolute atomic E-state index is 0.0103. The molecule has 5 heteroatoms. The van der Waals surface area contributed by atoms with Gasteiger partial charge >= 0.3 is 12.1 Å². The Bertz CT molecular complexity index is 981. The highest BCUT2D eigenvalue weighted by atomic mass is 16.5. The molecule has 0 fully saturated rings. The van der Waals surface area contributed by atoms with E-state index in [-0.39, 0.29) is 18.9 Å². The van der Waals surface area contributed by atoms with Crippen LogP contribution in [0.4, 0.5) is 10.5 Å². The van der Waals surface area contributed by atoms with Crippen LogP contribution >= 0.6 is 0 Å². The van der Waals surface area contributed by atoms with Gasteiger partial charge in [0.05, 0.1) is 6.42 Å². The highest BCUT2D eigenvalue weighted by Crippen LogP contribution is 2.44. The lowest BCUT2D eigenvalue weighted by Gasteiger charge is -2.14. The first-order valence-electron chi connectivity index (χ1n) is 9.04. The van der Waals surface area contributed by atoms with Gasteiger partial charge in [-0.25, -0.2) is 4.79 Å². The summed E-state index contributed by atoms with van der Waals surface area (Å²) in [6.07, 6.45) is -0.585. The van der Waals surface area contributed by atoms with E-state index >= 15 is 0 Å². The van der Waals surface area contributed by atoms with Crippen LogP contribution in [0.25, 0.3) is 11.1 Å². The van der Waals surface area contributed by atoms with E-state index in [0.717, 1.165) is 11.1 Å². The van der Waals surface area contributed by atoms with Crippen molar-refractivity contribution >= 4 is 17.7 Å². The van der Waals surface area contributed by atoms with Crippen molar-refractivity contribution in [3.05, 3.63) is 89.5 Å². The molecule has 0 atom stereocenters. The van der Waals surface area contributed by atoms with Gasteiger partial charge in [-0.15, -0.1) is 0 Å². The molecule has 1 aliphatic carbocycles. The standard InChI is InChI=1S/C23H19NO4/c25-22(26)13-15-9-11-16(12-10-15)24-23(27)28-14-21-19-7-3-1-5-17(19)18-6-2-4-8-20(18)21/h1-12,21H,13-14H2,(H,24,27)(H,25,26). The van der Waals surface area contributed by atoms with E-state index in [1.807, 2.05) is 24.3 Å². The smallest absolute Gasteiger partial charge is 0.411 e. The van der Waals surface area contributed by atoms with Crippen molar-refractivity contribution in [2.45, 2.75) is 12.3 Å². The molecule has 4 rings (SSSR count). The molecule has 3 aromatic rings. The van der Waals surface area contributed by atoms with Gasteiger partial charge in [0, 0.05) is 11.6 Å². The first-order valence-corrected chi connectivity index (χ1v) is 9.04. The molecule has 0 radical (unpaired) electrons. The molecule has 1 aliphatic rings. The molecule has 0 saturated carbocycles. The average Bonchev–Trinajstić information content (AvgIpc) is 3.01. The second kappa shape index (κ2) is 7.56. The number of carboxylic acids is 1. The molecule has 140 valence electrons. The fourth-order valence-electron chi connectivity index (χ4n) is 3.63. The van der Waals surface area contributed by atoms with Crippen molar-refractivity contribution in [2.24, 2.45) is 0 Å². The molecular weight excluding hydrogens is 354 g/mol. The van der Waals surface area contributed by atoms with Gasteiger partial charge < -0.3 is 9.84 Å². The molecule has 28 heavy (non-hydrogen) atoms. The first kappa shape index (κ1) is 17.8. The van der Waals surface area contributed by atoms with Gasteiger partial charge in [0.2, 0.25) is 0 Å². The summed E-state index contributed by atoms with van der Waals surface area (Å²) in [7, 11) is 0. The molecule has 0 unspecified atom stereocenters. The number of amides is 1. The Labute approximate surface area is 162 Å². The van der Waals surface area contributed by atoms with Crippen molar-refractivity contribution < 1.29 is 19.4 Å². The fraction of sp³-hybridized carbons (Fsp3) is 0.130. The number of benzene rings is 3. The molecule has 5 nitrogen and oxygen atoms in total. The molecule has 0 saturated heterocycles. The number of fused-ring (bicyclic) bond motifs is 3. The van der Waals surface area contributed by atoms with Crippen LogP contribution in [0.1, 0.15) is 22.6 Å². The van der Waals surface area contributed by atoms with Crippen molar-refractivity contribution in [1.82, 2.24) is 0 Å². The van der Waals surface area contributed by atoms with Crippen LogP contribution in [-0.2, 0) is 16.0 Å². The second-order valence-electron chi connectivity index (χ2n) is 6.72. The Hall–Kier alpha value is -3.60. The van der Waals surface area contributed by atoms with E-state index in [9.17, 15) is 9.59 Å². The third kappa shape index (κ3) is 3.60. The normalized spacial score (nSPS) is 12.1. The summed E-state index contributed by atoms with van der Waals surface area (Å²) >= 11 is 0. The monoisotopic (exact) mass is 373 g/mol.